The molecule has 0 aromatic rings. The number of amides is 1. The van der Waals surface area contributed by atoms with Crippen molar-refractivity contribution in [1.29, 1.82) is 0 Å². The zero-order chi connectivity index (χ0) is 17.9. The quantitative estimate of drug-likeness (QED) is 0.611. The smallest absolute Gasteiger partial charge is 0.411 e. The number of ether oxygens (including phenoxy) is 1. The van der Waals surface area contributed by atoms with Crippen molar-refractivity contribution in [2.75, 3.05) is 45.6 Å². The van der Waals surface area contributed by atoms with E-state index in [0.717, 1.165) is 38.9 Å². The summed E-state index contributed by atoms with van der Waals surface area (Å²) in [5.74, 6) is 0. The van der Waals surface area contributed by atoms with Gasteiger partial charge < -0.3 is 4.74 Å². The Bertz CT molecular complexity index is 531. The van der Waals surface area contributed by atoms with Gasteiger partial charge >= 0.3 is 6.09 Å². The average Bonchev–Trinajstić information content (AvgIpc) is 2.87. The molecule has 2 rings (SSSR count). The number of hydrogen-bond donors (Lipinski definition) is 0. The fourth-order valence-electron chi connectivity index (χ4n) is 3.30. The van der Waals surface area contributed by atoms with Crippen LogP contribution in [0, 0.1) is 0 Å². The van der Waals surface area contributed by atoms with Gasteiger partial charge in [0.2, 0.25) is 0 Å². The summed E-state index contributed by atoms with van der Waals surface area (Å²) in [4.78, 5) is 18.6. The highest BCUT2D eigenvalue weighted by molar-refractivity contribution is 7.85. The van der Waals surface area contributed by atoms with Gasteiger partial charge in [-0.1, -0.05) is 6.92 Å². The molecule has 2 unspecified atom stereocenters. The van der Waals surface area contributed by atoms with Crippen LogP contribution >= 0.6 is 0 Å². The summed E-state index contributed by atoms with van der Waals surface area (Å²) in [6, 6.07) is 0.529. The summed E-state index contributed by atoms with van der Waals surface area (Å²) >= 11 is 0. The number of carbonyl (C=O) groups is 1. The number of nitrogens with zero attached hydrogens (tertiary/aromatic N) is 3. The summed E-state index contributed by atoms with van der Waals surface area (Å²) in [6.45, 7) is 10.4. The molecule has 140 valence electrons. The van der Waals surface area contributed by atoms with Gasteiger partial charge in [-0.05, 0) is 20.3 Å². The molecule has 2 aliphatic heterocycles. The van der Waals surface area contributed by atoms with E-state index in [0.29, 0.717) is 12.6 Å². The van der Waals surface area contributed by atoms with E-state index in [-0.39, 0.29) is 12.8 Å². The largest absolute Gasteiger partial charge is 0.442 e. The molecule has 0 aromatic heterocycles. The third-order valence-corrected chi connectivity index (χ3v) is 5.16. The molecule has 0 bridgehead atoms. The summed E-state index contributed by atoms with van der Waals surface area (Å²) in [5, 5.41) is 0. The SMILES string of the molecule is CCC(N1CCN(C(C)C)CC1)N1CC(COS(C)(=O)=O)OC1=O. The molecule has 9 heteroatoms. The Labute approximate surface area is 144 Å². The monoisotopic (exact) mass is 363 g/mol. The van der Waals surface area contributed by atoms with Crippen LogP contribution in [0.2, 0.25) is 0 Å². The fraction of sp³-hybridized carbons (Fsp3) is 0.933. The number of rotatable bonds is 7. The third kappa shape index (κ3) is 5.05. The van der Waals surface area contributed by atoms with Crippen molar-refractivity contribution < 1.29 is 22.1 Å². The second-order valence-electron chi connectivity index (χ2n) is 6.70. The van der Waals surface area contributed by atoms with Gasteiger partial charge in [-0.3, -0.25) is 18.9 Å². The van der Waals surface area contributed by atoms with Gasteiger partial charge in [-0.25, -0.2) is 4.79 Å². The van der Waals surface area contributed by atoms with Crippen LogP contribution in [0.3, 0.4) is 0 Å². The van der Waals surface area contributed by atoms with Gasteiger partial charge in [-0.2, -0.15) is 8.42 Å². The molecule has 0 spiro atoms. The minimum Gasteiger partial charge on any atom is -0.442 e. The van der Waals surface area contributed by atoms with E-state index in [9.17, 15) is 13.2 Å². The van der Waals surface area contributed by atoms with E-state index in [1.807, 2.05) is 6.92 Å². The maximum absolute atomic E-state index is 12.2. The Morgan fingerprint density at radius 3 is 2.29 bits per heavy atom. The van der Waals surface area contributed by atoms with Crippen LogP contribution in [0.4, 0.5) is 4.79 Å². The predicted octanol–water partition coefficient (Wildman–Crippen LogP) is 0.546. The Hall–Kier alpha value is -0.900. The Morgan fingerprint density at radius 2 is 1.79 bits per heavy atom. The molecular weight excluding hydrogens is 334 g/mol. The minimum atomic E-state index is -3.53. The second kappa shape index (κ2) is 7.99. The number of carbonyl (C=O) groups excluding carboxylic acids is 1. The summed E-state index contributed by atoms with van der Waals surface area (Å²) in [6.07, 6.45) is 0.838. The van der Waals surface area contributed by atoms with Gasteiger partial charge in [0, 0.05) is 32.2 Å². The van der Waals surface area contributed by atoms with Crippen LogP contribution in [-0.2, 0) is 19.0 Å². The molecule has 0 saturated carbocycles. The Kier molecular flexibility index (Phi) is 6.46. The van der Waals surface area contributed by atoms with Crippen LogP contribution in [0.1, 0.15) is 27.2 Å². The average molecular weight is 363 g/mol. The second-order valence-corrected chi connectivity index (χ2v) is 8.35. The highest BCUT2D eigenvalue weighted by Gasteiger charge is 2.39. The zero-order valence-corrected chi connectivity index (χ0v) is 15.8. The molecule has 0 N–H and O–H groups in total. The number of hydrogen-bond acceptors (Lipinski definition) is 7. The minimum absolute atomic E-state index is 0.0185. The number of cyclic esters (lactones) is 1. The lowest BCUT2D eigenvalue weighted by molar-refractivity contribution is 0.0202. The molecule has 0 radical (unpaired) electrons. The van der Waals surface area contributed by atoms with Crippen molar-refractivity contribution in [1.82, 2.24) is 14.7 Å². The molecule has 24 heavy (non-hydrogen) atoms. The summed E-state index contributed by atoms with van der Waals surface area (Å²) in [7, 11) is -3.53. The molecule has 2 atom stereocenters. The molecule has 0 aromatic carbocycles. The molecule has 2 heterocycles. The van der Waals surface area contributed by atoms with E-state index in [1.165, 1.54) is 0 Å². The lowest BCUT2D eigenvalue weighted by Gasteiger charge is -2.42. The van der Waals surface area contributed by atoms with Crippen molar-refractivity contribution in [3.63, 3.8) is 0 Å². The van der Waals surface area contributed by atoms with E-state index >= 15 is 0 Å². The van der Waals surface area contributed by atoms with Crippen molar-refractivity contribution in [2.45, 2.75) is 45.5 Å². The van der Waals surface area contributed by atoms with E-state index in [4.69, 9.17) is 8.92 Å². The molecule has 8 nitrogen and oxygen atoms in total. The number of piperazine rings is 1. The van der Waals surface area contributed by atoms with Crippen LogP contribution in [0.5, 0.6) is 0 Å². The third-order valence-electron chi connectivity index (χ3n) is 4.60. The van der Waals surface area contributed by atoms with Gasteiger partial charge in [0.1, 0.15) is 12.7 Å². The molecule has 2 saturated heterocycles. The van der Waals surface area contributed by atoms with Crippen molar-refractivity contribution in [3.8, 4) is 0 Å². The lowest BCUT2D eigenvalue weighted by Crippen LogP contribution is -2.57. The van der Waals surface area contributed by atoms with Crippen molar-refractivity contribution in [3.05, 3.63) is 0 Å². The van der Waals surface area contributed by atoms with Crippen LogP contribution in [0.25, 0.3) is 0 Å². The maximum atomic E-state index is 12.2. The van der Waals surface area contributed by atoms with Crippen molar-refractivity contribution >= 4 is 16.2 Å². The Morgan fingerprint density at radius 1 is 1.21 bits per heavy atom. The van der Waals surface area contributed by atoms with E-state index in [1.54, 1.807) is 4.90 Å². The van der Waals surface area contributed by atoms with E-state index < -0.39 is 22.3 Å². The summed E-state index contributed by atoms with van der Waals surface area (Å²) < 4.78 is 32.2. The highest BCUT2D eigenvalue weighted by atomic mass is 32.2. The van der Waals surface area contributed by atoms with E-state index in [2.05, 4.69) is 23.6 Å². The zero-order valence-electron chi connectivity index (χ0n) is 15.0. The molecule has 0 aliphatic carbocycles. The standard InChI is InChI=1S/C15H29N3O5S/c1-5-14(17-8-6-16(7-9-17)12(2)3)18-10-13(23-15(18)19)11-22-24(4,20)21/h12-14H,5-11H2,1-4H3. The first-order valence-corrected chi connectivity index (χ1v) is 10.3. The normalized spacial score (nSPS) is 25.3. The van der Waals surface area contributed by atoms with Crippen LogP contribution in [0.15, 0.2) is 0 Å². The van der Waals surface area contributed by atoms with Crippen LogP contribution in [-0.4, -0.2) is 93.1 Å². The molecule has 2 fully saturated rings. The first-order valence-electron chi connectivity index (χ1n) is 8.51. The van der Waals surface area contributed by atoms with Gasteiger partial charge in [0.05, 0.1) is 19.0 Å². The topological polar surface area (TPSA) is 79.4 Å². The Balaban J connectivity index is 1.92. The predicted molar refractivity (Wildman–Crippen MR) is 90.1 cm³/mol. The first-order chi connectivity index (χ1) is 11.2. The molecular formula is C15H29N3O5S. The lowest BCUT2D eigenvalue weighted by atomic mass is 10.2. The van der Waals surface area contributed by atoms with Crippen LogP contribution < -0.4 is 0 Å². The first kappa shape index (κ1) is 19.4. The molecule has 2 aliphatic rings. The van der Waals surface area contributed by atoms with Gasteiger partial charge in [0.25, 0.3) is 10.1 Å². The molecule has 1 amide bonds. The van der Waals surface area contributed by atoms with Gasteiger partial charge in [0.15, 0.2) is 0 Å². The summed E-state index contributed by atoms with van der Waals surface area (Å²) in [5.41, 5.74) is 0. The highest BCUT2D eigenvalue weighted by Crippen LogP contribution is 2.21. The fourth-order valence-corrected chi connectivity index (χ4v) is 3.70. The van der Waals surface area contributed by atoms with Gasteiger partial charge in [-0.15, -0.1) is 0 Å². The maximum Gasteiger partial charge on any atom is 0.411 e. The van der Waals surface area contributed by atoms with Crippen molar-refractivity contribution in [2.24, 2.45) is 0 Å².